The minimum Gasteiger partial charge on any atom is -0.481 e. The third kappa shape index (κ3) is 7.51. The van der Waals surface area contributed by atoms with Crippen LogP contribution in [0.1, 0.15) is 80.0 Å². The average Bonchev–Trinajstić information content (AvgIpc) is 3.65. The number of H-pyrrole nitrogens is 2. The molecule has 2 amide bonds. The van der Waals surface area contributed by atoms with Crippen molar-refractivity contribution < 1.29 is 34.2 Å². The van der Waals surface area contributed by atoms with Gasteiger partial charge in [-0.1, -0.05) is 24.4 Å². The number of aromatic amines is 2. The van der Waals surface area contributed by atoms with Crippen molar-refractivity contribution in [1.82, 2.24) is 20.6 Å². The second-order valence-electron chi connectivity index (χ2n) is 11.4. The molecule has 2 aromatic heterocycles. The number of carbonyl (C=O) groups excluding carboxylic acids is 3. The smallest absolute Gasteiger partial charge is 0.303 e. The van der Waals surface area contributed by atoms with Crippen molar-refractivity contribution in [3.8, 4) is 0 Å². The van der Waals surface area contributed by atoms with E-state index >= 15 is 0 Å². The molecule has 2 aliphatic rings. The Bertz CT molecular complexity index is 1780. The van der Waals surface area contributed by atoms with Gasteiger partial charge in [-0.3, -0.25) is 24.0 Å². The molecule has 0 saturated heterocycles. The van der Waals surface area contributed by atoms with Crippen LogP contribution >= 0.6 is 11.8 Å². The molecule has 4 rings (SSSR count). The van der Waals surface area contributed by atoms with E-state index in [2.05, 4.69) is 27.2 Å². The number of allylic oxidation sites excluding steroid dienone is 2. The molecular formula is C34H38N4O7S. The zero-order valence-electron chi connectivity index (χ0n) is 26.5. The lowest BCUT2D eigenvalue weighted by Crippen LogP contribution is -2.20. The normalized spacial score (nSPS) is 17.2. The lowest BCUT2D eigenvalue weighted by atomic mass is 10.00. The number of carboxylic acids is 2. The van der Waals surface area contributed by atoms with E-state index in [0.717, 1.165) is 45.4 Å². The third-order valence-corrected chi connectivity index (χ3v) is 9.12. The van der Waals surface area contributed by atoms with Crippen molar-refractivity contribution in [3.63, 3.8) is 0 Å². The Balaban J connectivity index is 1.75. The molecule has 0 aliphatic carbocycles. The van der Waals surface area contributed by atoms with Crippen LogP contribution in [-0.2, 0) is 43.2 Å². The average molecular weight is 647 g/mol. The van der Waals surface area contributed by atoms with Gasteiger partial charge in [-0.25, -0.2) is 0 Å². The van der Waals surface area contributed by atoms with Gasteiger partial charge >= 0.3 is 11.9 Å². The summed E-state index contributed by atoms with van der Waals surface area (Å²) in [5, 5.41) is 24.2. The number of aliphatic carboxylic acids is 2. The summed E-state index contributed by atoms with van der Waals surface area (Å²) in [5.74, 6) is -2.36. The summed E-state index contributed by atoms with van der Waals surface area (Å²) in [7, 11) is 0. The van der Waals surface area contributed by atoms with E-state index in [9.17, 15) is 34.2 Å². The molecule has 2 aliphatic heterocycles. The lowest BCUT2D eigenvalue weighted by molar-refractivity contribution is -0.138. The summed E-state index contributed by atoms with van der Waals surface area (Å²) in [6.45, 7) is 12.5. The molecule has 242 valence electrons. The minimum absolute atomic E-state index is 0.0857. The second-order valence-corrected chi connectivity index (χ2v) is 12.9. The number of thioether (sulfide) groups is 1. The zero-order chi connectivity index (χ0) is 33.9. The number of carboxylic acid groups (broad SMARTS) is 2. The highest BCUT2D eigenvalue weighted by Gasteiger charge is 2.30. The van der Waals surface area contributed by atoms with Gasteiger partial charge in [0.25, 0.3) is 11.8 Å². The highest BCUT2D eigenvalue weighted by atomic mass is 32.2. The molecule has 0 saturated carbocycles. The van der Waals surface area contributed by atoms with Crippen molar-refractivity contribution >= 4 is 52.8 Å². The number of aryl methyl sites for hydroxylation is 1. The Morgan fingerprint density at radius 2 is 1.57 bits per heavy atom. The van der Waals surface area contributed by atoms with Gasteiger partial charge in [-0.05, 0) is 81.0 Å². The predicted molar refractivity (Wildman–Crippen MR) is 177 cm³/mol. The number of hydrogen-bond acceptors (Lipinski definition) is 6. The topological polar surface area (TPSA) is 181 Å². The molecule has 11 nitrogen and oxygen atoms in total. The number of rotatable bonds is 13. The van der Waals surface area contributed by atoms with E-state index in [-0.39, 0.29) is 47.9 Å². The van der Waals surface area contributed by atoms with E-state index in [1.54, 1.807) is 19.1 Å². The fourth-order valence-corrected chi connectivity index (χ4v) is 6.75. The fourth-order valence-electron chi connectivity index (χ4n) is 5.85. The van der Waals surface area contributed by atoms with Crippen LogP contribution in [0.25, 0.3) is 12.2 Å². The maximum Gasteiger partial charge on any atom is 0.303 e. The first kappa shape index (κ1) is 34.0. The molecule has 0 aromatic carbocycles. The lowest BCUT2D eigenvalue weighted by Gasteiger charge is -2.08. The standard InChI is InChI=1S/C34H38N4O7S/c1-7-23-17(3)33(44)38-28(23)14-26-16(2)24(9-11-31(42)43)29(36-26)15-27-21(8-10-30(40)41)12-22(35-27)13-25-18(4)32(34(45)37-25)19(5)46-20(6)39/h7,12-14,19,35-36H,1,8-11,15H2,2-6H3,(H,37,45)(H,38,44)(H,40,41)(H,42,43)/b25-13+,28-14-/t19-/m1/s1. The van der Waals surface area contributed by atoms with E-state index in [0.29, 0.717) is 45.9 Å². The van der Waals surface area contributed by atoms with Gasteiger partial charge in [0.15, 0.2) is 5.12 Å². The van der Waals surface area contributed by atoms with E-state index < -0.39 is 11.9 Å². The SMILES string of the molecule is C=CC1=C(C)C(=O)N/C1=C\c1[nH]c(Cc2[nH]c(/C=C3/NC(=O)C([C@@H](C)SC(C)=O)=C3C)cc2CCC(=O)O)c(CCC(=O)O)c1C. The molecule has 46 heavy (non-hydrogen) atoms. The van der Waals surface area contributed by atoms with E-state index in [1.165, 1.54) is 6.92 Å². The monoisotopic (exact) mass is 646 g/mol. The fraction of sp³-hybridized carbons (Fsp3) is 0.324. The first-order chi connectivity index (χ1) is 21.7. The minimum atomic E-state index is -0.942. The zero-order valence-corrected chi connectivity index (χ0v) is 27.3. The Kier molecular flexibility index (Phi) is 10.4. The van der Waals surface area contributed by atoms with Crippen molar-refractivity contribution in [2.75, 3.05) is 0 Å². The Morgan fingerprint density at radius 3 is 2.20 bits per heavy atom. The van der Waals surface area contributed by atoms with Crippen LogP contribution in [0.15, 0.2) is 52.4 Å². The molecule has 2 aromatic rings. The molecule has 12 heteroatoms. The molecule has 0 unspecified atom stereocenters. The number of hydrogen-bond donors (Lipinski definition) is 6. The van der Waals surface area contributed by atoms with Crippen LogP contribution in [0.4, 0.5) is 0 Å². The largest absolute Gasteiger partial charge is 0.481 e. The third-order valence-electron chi connectivity index (χ3n) is 8.20. The van der Waals surface area contributed by atoms with Gasteiger partial charge in [0, 0.05) is 76.6 Å². The quantitative estimate of drug-likeness (QED) is 0.181. The molecule has 4 heterocycles. The summed E-state index contributed by atoms with van der Waals surface area (Å²) in [6.07, 6.45) is 5.88. The molecule has 1 atom stereocenters. The first-order valence-electron chi connectivity index (χ1n) is 14.8. The van der Waals surface area contributed by atoms with Gasteiger partial charge in [0.1, 0.15) is 0 Å². The van der Waals surface area contributed by atoms with Gasteiger partial charge in [-0.2, -0.15) is 0 Å². The summed E-state index contributed by atoms with van der Waals surface area (Å²) in [4.78, 5) is 66.5. The number of carbonyl (C=O) groups is 5. The van der Waals surface area contributed by atoms with Gasteiger partial charge in [-0.15, -0.1) is 0 Å². The predicted octanol–water partition coefficient (Wildman–Crippen LogP) is 4.71. The second kappa shape index (κ2) is 14.1. The van der Waals surface area contributed by atoms with Crippen LogP contribution < -0.4 is 10.6 Å². The highest BCUT2D eigenvalue weighted by Crippen LogP contribution is 2.32. The Labute approximate surface area is 271 Å². The summed E-state index contributed by atoms with van der Waals surface area (Å²) in [6, 6.07) is 1.85. The van der Waals surface area contributed by atoms with Crippen LogP contribution in [-0.4, -0.2) is 54.3 Å². The Morgan fingerprint density at radius 1 is 0.913 bits per heavy atom. The number of nitrogens with one attached hydrogen (secondary N) is 4. The van der Waals surface area contributed by atoms with Crippen LogP contribution in [0, 0.1) is 6.92 Å². The van der Waals surface area contributed by atoms with E-state index in [1.807, 2.05) is 32.9 Å². The number of amides is 2. The molecule has 0 bridgehead atoms. The molecule has 0 radical (unpaired) electrons. The van der Waals surface area contributed by atoms with Gasteiger partial charge in [0.05, 0.1) is 5.70 Å². The molecule has 0 spiro atoms. The van der Waals surface area contributed by atoms with Crippen molar-refractivity contribution in [2.45, 2.75) is 72.0 Å². The van der Waals surface area contributed by atoms with Crippen molar-refractivity contribution in [2.24, 2.45) is 0 Å². The maximum atomic E-state index is 12.8. The Hall–Kier alpha value is -4.84. The highest BCUT2D eigenvalue weighted by molar-refractivity contribution is 8.14. The molecular weight excluding hydrogens is 608 g/mol. The van der Waals surface area contributed by atoms with Crippen LogP contribution in [0.5, 0.6) is 0 Å². The van der Waals surface area contributed by atoms with Crippen molar-refractivity contribution in [1.29, 1.82) is 0 Å². The number of aromatic nitrogens is 2. The summed E-state index contributed by atoms with van der Waals surface area (Å²) < 4.78 is 0. The first-order valence-corrected chi connectivity index (χ1v) is 15.7. The van der Waals surface area contributed by atoms with Crippen molar-refractivity contribution in [3.05, 3.63) is 91.9 Å². The molecule has 6 N–H and O–H groups in total. The van der Waals surface area contributed by atoms with Gasteiger partial charge < -0.3 is 30.8 Å². The van der Waals surface area contributed by atoms with Gasteiger partial charge in [0.2, 0.25) is 0 Å². The van der Waals surface area contributed by atoms with Crippen LogP contribution in [0.2, 0.25) is 0 Å². The van der Waals surface area contributed by atoms with Crippen LogP contribution in [0.3, 0.4) is 0 Å². The molecule has 0 fully saturated rings. The summed E-state index contributed by atoms with van der Waals surface area (Å²) >= 11 is 1.09. The maximum absolute atomic E-state index is 12.8. The summed E-state index contributed by atoms with van der Waals surface area (Å²) in [5.41, 5.74) is 8.96. The van der Waals surface area contributed by atoms with E-state index in [4.69, 9.17) is 0 Å².